The molecule has 2 aliphatic heterocycles. The first-order valence-corrected chi connectivity index (χ1v) is 14.2. The molecule has 202 valence electrons. The molecule has 0 bridgehead atoms. The molecule has 3 heterocycles. The number of carbonyl (C=O) groups excluding carboxylic acids is 1. The minimum absolute atomic E-state index is 0.00265. The number of aryl methyl sites for hydroxylation is 1. The van der Waals surface area contributed by atoms with E-state index in [-0.39, 0.29) is 17.9 Å². The summed E-state index contributed by atoms with van der Waals surface area (Å²) in [5.74, 6) is 0.515. The molecule has 2 saturated heterocycles. The van der Waals surface area contributed by atoms with E-state index in [0.717, 1.165) is 68.3 Å². The van der Waals surface area contributed by atoms with Crippen LogP contribution in [0.15, 0.2) is 42.6 Å². The number of likely N-dealkylation sites (tertiary alicyclic amines) is 1. The molecule has 1 amide bonds. The standard InChI is InChI=1S/C29H36ClN5O3/c1-33-26-15-22(6-4-20(26)16-31-33)35-13-10-21(17-35)29(37)32-25(18-34-11-2-3-12-34)28(36)19-5-9-27(24(30)14-19)38-23-7-8-23/h4-6,9,14-16,21,23,25,28,36H,2-3,7-8,10-13,17-18H2,1H3,(H,32,37)/t21?,25-,28-/m1/s1. The van der Waals surface area contributed by atoms with Gasteiger partial charge < -0.3 is 25.0 Å². The van der Waals surface area contributed by atoms with E-state index in [9.17, 15) is 9.90 Å². The Morgan fingerprint density at radius 3 is 2.74 bits per heavy atom. The van der Waals surface area contributed by atoms with Crippen molar-refractivity contribution in [2.45, 2.75) is 50.4 Å². The van der Waals surface area contributed by atoms with Crippen LogP contribution in [0.5, 0.6) is 5.75 Å². The van der Waals surface area contributed by atoms with Crippen molar-refractivity contribution in [2.24, 2.45) is 13.0 Å². The van der Waals surface area contributed by atoms with Crippen LogP contribution in [-0.4, -0.2) is 70.6 Å². The lowest BCUT2D eigenvalue weighted by molar-refractivity contribution is -0.126. The Bertz CT molecular complexity index is 1300. The topological polar surface area (TPSA) is 82.9 Å². The van der Waals surface area contributed by atoms with Crippen LogP contribution in [0.4, 0.5) is 5.69 Å². The zero-order valence-electron chi connectivity index (χ0n) is 21.9. The van der Waals surface area contributed by atoms with Gasteiger partial charge in [-0.15, -0.1) is 0 Å². The molecule has 3 aliphatic rings. The highest BCUT2D eigenvalue weighted by molar-refractivity contribution is 6.32. The lowest BCUT2D eigenvalue weighted by atomic mass is 10.00. The number of amides is 1. The van der Waals surface area contributed by atoms with Crippen molar-refractivity contribution in [3.8, 4) is 5.75 Å². The monoisotopic (exact) mass is 537 g/mol. The van der Waals surface area contributed by atoms with E-state index < -0.39 is 12.1 Å². The van der Waals surface area contributed by atoms with Gasteiger partial charge in [-0.25, -0.2) is 0 Å². The fourth-order valence-electron chi connectivity index (χ4n) is 5.70. The molecule has 1 saturated carbocycles. The SMILES string of the molecule is Cn1ncc2ccc(N3CCC(C(=O)N[C@H](CN4CCCC4)[C@H](O)c4ccc(OC5CC5)c(Cl)c4)C3)cc21. The van der Waals surface area contributed by atoms with Crippen LogP contribution in [0.1, 0.15) is 43.8 Å². The number of nitrogens with zero attached hydrogens (tertiary/aromatic N) is 4. The number of hydrogen-bond acceptors (Lipinski definition) is 6. The largest absolute Gasteiger partial charge is 0.489 e. The fourth-order valence-corrected chi connectivity index (χ4v) is 5.93. The van der Waals surface area contributed by atoms with Crippen molar-refractivity contribution >= 4 is 34.1 Å². The van der Waals surface area contributed by atoms with Gasteiger partial charge in [0.1, 0.15) is 11.9 Å². The van der Waals surface area contributed by atoms with Gasteiger partial charge in [-0.2, -0.15) is 5.10 Å². The Kier molecular flexibility index (Phi) is 7.20. The van der Waals surface area contributed by atoms with Crippen LogP contribution in [0, 0.1) is 5.92 Å². The second-order valence-electron chi connectivity index (χ2n) is 11.0. The summed E-state index contributed by atoms with van der Waals surface area (Å²) in [4.78, 5) is 18.1. The number of aromatic nitrogens is 2. The van der Waals surface area contributed by atoms with Crippen molar-refractivity contribution in [3.05, 3.63) is 53.2 Å². The molecule has 0 radical (unpaired) electrons. The Hall–Kier alpha value is -2.81. The zero-order chi connectivity index (χ0) is 26.2. The van der Waals surface area contributed by atoms with Crippen molar-refractivity contribution in [2.75, 3.05) is 37.6 Å². The number of hydrogen-bond donors (Lipinski definition) is 2. The van der Waals surface area contributed by atoms with Gasteiger partial charge in [-0.3, -0.25) is 9.48 Å². The number of aliphatic hydroxyl groups excluding tert-OH is 1. The molecule has 3 atom stereocenters. The predicted molar refractivity (Wildman–Crippen MR) is 149 cm³/mol. The number of carbonyl (C=O) groups is 1. The Labute approximate surface area is 228 Å². The molecule has 1 aromatic heterocycles. The summed E-state index contributed by atoms with van der Waals surface area (Å²) in [6, 6.07) is 11.4. The van der Waals surface area contributed by atoms with Crippen LogP contribution in [0.25, 0.3) is 10.9 Å². The minimum Gasteiger partial charge on any atom is -0.489 e. The third-order valence-corrected chi connectivity index (χ3v) is 8.43. The van der Waals surface area contributed by atoms with Crippen LogP contribution in [0.2, 0.25) is 5.02 Å². The Morgan fingerprint density at radius 2 is 1.97 bits per heavy atom. The molecular formula is C29H36ClN5O3. The zero-order valence-corrected chi connectivity index (χ0v) is 22.6. The van der Waals surface area contributed by atoms with Gasteiger partial charge >= 0.3 is 0 Å². The minimum atomic E-state index is -0.864. The summed E-state index contributed by atoms with van der Waals surface area (Å²) in [5.41, 5.74) is 2.88. The van der Waals surface area contributed by atoms with E-state index in [4.69, 9.17) is 16.3 Å². The molecule has 1 aliphatic carbocycles. The molecule has 8 nitrogen and oxygen atoms in total. The number of halogens is 1. The molecule has 3 aromatic rings. The van der Waals surface area contributed by atoms with Crippen molar-refractivity contribution in [1.29, 1.82) is 0 Å². The van der Waals surface area contributed by atoms with Crippen molar-refractivity contribution in [1.82, 2.24) is 20.0 Å². The molecule has 9 heteroatoms. The smallest absolute Gasteiger partial charge is 0.225 e. The van der Waals surface area contributed by atoms with Crippen LogP contribution < -0.4 is 15.0 Å². The lowest BCUT2D eigenvalue weighted by Crippen LogP contribution is -2.48. The summed E-state index contributed by atoms with van der Waals surface area (Å²) < 4.78 is 7.74. The van der Waals surface area contributed by atoms with Crippen LogP contribution >= 0.6 is 11.6 Å². The number of aliphatic hydroxyl groups is 1. The average Bonchev–Trinajstić information content (AvgIpc) is 3.27. The highest BCUT2D eigenvalue weighted by Crippen LogP contribution is 2.34. The third-order valence-electron chi connectivity index (χ3n) is 8.13. The van der Waals surface area contributed by atoms with Gasteiger partial charge in [0.25, 0.3) is 0 Å². The number of nitrogens with one attached hydrogen (secondary N) is 1. The fraction of sp³-hybridized carbons (Fsp3) is 0.517. The molecule has 3 fully saturated rings. The molecule has 0 spiro atoms. The molecule has 38 heavy (non-hydrogen) atoms. The van der Waals surface area contributed by atoms with Crippen molar-refractivity contribution < 1.29 is 14.6 Å². The van der Waals surface area contributed by atoms with Gasteiger partial charge in [-0.05, 0) is 81.1 Å². The van der Waals surface area contributed by atoms with Gasteiger partial charge in [0.05, 0.1) is 34.8 Å². The quantitative estimate of drug-likeness (QED) is 0.431. The van der Waals surface area contributed by atoms with Gasteiger partial charge in [0.2, 0.25) is 5.91 Å². The summed E-state index contributed by atoms with van der Waals surface area (Å²) in [6.07, 6.45) is 6.44. The summed E-state index contributed by atoms with van der Waals surface area (Å²) in [7, 11) is 1.94. The third kappa shape index (κ3) is 5.48. The summed E-state index contributed by atoms with van der Waals surface area (Å²) in [5, 5.41) is 20.6. The summed E-state index contributed by atoms with van der Waals surface area (Å²) >= 11 is 6.50. The first-order valence-electron chi connectivity index (χ1n) is 13.8. The van der Waals surface area contributed by atoms with Gasteiger partial charge in [-0.1, -0.05) is 17.7 Å². The number of anilines is 1. The van der Waals surface area contributed by atoms with Gasteiger partial charge in [0, 0.05) is 37.8 Å². The van der Waals surface area contributed by atoms with Gasteiger partial charge in [0.15, 0.2) is 0 Å². The van der Waals surface area contributed by atoms with E-state index >= 15 is 0 Å². The van der Waals surface area contributed by atoms with E-state index in [1.54, 1.807) is 6.07 Å². The molecule has 1 unspecified atom stereocenters. The lowest BCUT2D eigenvalue weighted by Gasteiger charge is -2.30. The maximum atomic E-state index is 13.5. The number of rotatable bonds is 9. The average molecular weight is 538 g/mol. The second kappa shape index (κ2) is 10.8. The van der Waals surface area contributed by atoms with Crippen LogP contribution in [0.3, 0.4) is 0 Å². The maximum Gasteiger partial charge on any atom is 0.225 e. The van der Waals surface area contributed by atoms with E-state index in [0.29, 0.717) is 29.4 Å². The number of benzene rings is 2. The Morgan fingerprint density at radius 1 is 1.16 bits per heavy atom. The normalized spacial score (nSPS) is 21.7. The van der Waals surface area contributed by atoms with E-state index in [1.165, 1.54) is 0 Å². The number of ether oxygens (including phenoxy) is 1. The maximum absolute atomic E-state index is 13.5. The predicted octanol–water partition coefficient (Wildman–Crippen LogP) is 3.91. The van der Waals surface area contributed by atoms with E-state index in [1.807, 2.05) is 30.1 Å². The highest BCUT2D eigenvalue weighted by atomic mass is 35.5. The van der Waals surface area contributed by atoms with Crippen molar-refractivity contribution in [3.63, 3.8) is 0 Å². The molecule has 6 rings (SSSR count). The van der Waals surface area contributed by atoms with Crippen LogP contribution in [-0.2, 0) is 11.8 Å². The van der Waals surface area contributed by atoms with E-state index in [2.05, 4.69) is 38.4 Å². The second-order valence-corrected chi connectivity index (χ2v) is 11.4. The first-order chi connectivity index (χ1) is 18.4. The molecule has 2 N–H and O–H groups in total. The first kappa shape index (κ1) is 25.5. The summed E-state index contributed by atoms with van der Waals surface area (Å²) in [6.45, 7) is 4.06. The molecular weight excluding hydrogens is 502 g/mol. The highest BCUT2D eigenvalue weighted by Gasteiger charge is 2.33. The molecule has 2 aromatic carbocycles. The Balaban J connectivity index is 1.14. The number of fused-ring (bicyclic) bond motifs is 1.